The molecule has 1 aliphatic carbocycles. The van der Waals surface area contributed by atoms with Gasteiger partial charge in [-0.1, -0.05) is 19.6 Å². The van der Waals surface area contributed by atoms with Crippen LogP contribution in [0, 0.1) is 5.41 Å². The Morgan fingerprint density at radius 3 is 2.38 bits per heavy atom. The first-order chi connectivity index (χ1) is 5.91. The van der Waals surface area contributed by atoms with E-state index < -0.39 is 8.07 Å². The van der Waals surface area contributed by atoms with Gasteiger partial charge in [0, 0.05) is 18.5 Å². The zero-order valence-corrected chi connectivity index (χ0v) is 10.0. The summed E-state index contributed by atoms with van der Waals surface area (Å²) in [5.41, 5.74) is 0.347. The molecule has 0 aromatic rings. The van der Waals surface area contributed by atoms with Gasteiger partial charge < -0.3 is 10.0 Å². The molecule has 2 fully saturated rings. The minimum absolute atomic E-state index is 0.0242. The summed E-state index contributed by atoms with van der Waals surface area (Å²) in [5.74, 6) is 0. The number of rotatable bonds is 2. The van der Waals surface area contributed by atoms with Crippen molar-refractivity contribution >= 4 is 8.07 Å². The van der Waals surface area contributed by atoms with E-state index in [1.807, 2.05) is 0 Å². The molecule has 0 radical (unpaired) electrons. The molecule has 2 aliphatic rings. The van der Waals surface area contributed by atoms with E-state index in [4.69, 9.17) is 0 Å². The van der Waals surface area contributed by atoms with E-state index in [0.29, 0.717) is 5.41 Å². The number of aliphatic hydroxyl groups is 1. The Morgan fingerprint density at radius 2 is 2.00 bits per heavy atom. The average molecular weight is 199 g/mol. The van der Waals surface area contributed by atoms with Gasteiger partial charge in [-0.15, -0.1) is 0 Å². The van der Waals surface area contributed by atoms with Crippen molar-refractivity contribution in [2.45, 2.75) is 38.6 Å². The number of likely N-dealkylation sites (tertiary alicyclic amines) is 1. The molecule has 13 heavy (non-hydrogen) atoms. The lowest BCUT2D eigenvalue weighted by atomic mass is 10.0. The maximum atomic E-state index is 9.86. The largest absolute Gasteiger partial charge is 0.391 e. The molecule has 1 atom stereocenters. The van der Waals surface area contributed by atoms with Crippen LogP contribution in [0.25, 0.3) is 0 Å². The first-order valence-corrected chi connectivity index (χ1v) is 9.03. The molecule has 1 heterocycles. The third kappa shape index (κ3) is 1.97. The van der Waals surface area contributed by atoms with Gasteiger partial charge in [0.2, 0.25) is 0 Å². The van der Waals surface area contributed by atoms with E-state index in [-0.39, 0.29) is 6.10 Å². The first-order valence-electron chi connectivity index (χ1n) is 5.32. The molecule has 1 aliphatic heterocycles. The molecule has 0 aromatic carbocycles. The van der Waals surface area contributed by atoms with Crippen LogP contribution >= 0.6 is 0 Å². The predicted octanol–water partition coefficient (Wildman–Crippen LogP) is 1.32. The van der Waals surface area contributed by atoms with Gasteiger partial charge in [-0.2, -0.15) is 0 Å². The minimum atomic E-state index is -0.972. The summed E-state index contributed by atoms with van der Waals surface area (Å²) in [6, 6.07) is 0. The molecule has 1 spiro atoms. The Labute approximate surface area is 81.9 Å². The molecular weight excluding hydrogens is 178 g/mol. The number of hydrogen-bond donors (Lipinski definition) is 1. The van der Waals surface area contributed by atoms with E-state index in [1.165, 1.54) is 25.6 Å². The Bertz CT molecular complexity index is 205. The average Bonchev–Trinajstić information content (AvgIpc) is 2.58. The van der Waals surface area contributed by atoms with Crippen LogP contribution in [0.2, 0.25) is 19.6 Å². The fraction of sp³-hybridized carbons (Fsp3) is 1.00. The highest BCUT2D eigenvalue weighted by atomic mass is 28.3. The van der Waals surface area contributed by atoms with Crippen molar-refractivity contribution in [3.05, 3.63) is 0 Å². The smallest absolute Gasteiger partial charge is 0.0735 e. The molecule has 1 saturated carbocycles. The van der Waals surface area contributed by atoms with E-state index in [0.717, 1.165) is 6.54 Å². The zero-order valence-electron chi connectivity index (χ0n) is 9.01. The topological polar surface area (TPSA) is 23.5 Å². The van der Waals surface area contributed by atoms with Gasteiger partial charge in [-0.3, -0.25) is 0 Å². The summed E-state index contributed by atoms with van der Waals surface area (Å²) in [6.45, 7) is 9.30. The van der Waals surface area contributed by atoms with Gasteiger partial charge in [0.05, 0.1) is 14.2 Å². The highest BCUT2D eigenvalue weighted by Gasteiger charge is 2.54. The second kappa shape index (κ2) is 2.81. The first kappa shape index (κ1) is 9.68. The molecule has 0 bridgehead atoms. The number of aliphatic hydroxyl groups excluding tert-OH is 1. The lowest BCUT2D eigenvalue weighted by molar-refractivity contribution is 0.132. The van der Waals surface area contributed by atoms with Gasteiger partial charge >= 0.3 is 0 Å². The summed E-state index contributed by atoms with van der Waals surface area (Å²) in [6.07, 6.45) is 3.75. The van der Waals surface area contributed by atoms with E-state index in [2.05, 4.69) is 24.5 Å². The van der Waals surface area contributed by atoms with Crippen LogP contribution in [0.4, 0.5) is 0 Å². The van der Waals surface area contributed by atoms with Crippen LogP contribution in [-0.4, -0.2) is 43.4 Å². The standard InChI is InChI=1S/C10H21NOSi/c1-13(2,3)8-11-6-9(12)10(7-11)4-5-10/h9,12H,4-8H2,1-3H3. The molecule has 2 rings (SSSR count). The monoisotopic (exact) mass is 199 g/mol. The van der Waals surface area contributed by atoms with Gasteiger partial charge in [0.25, 0.3) is 0 Å². The van der Waals surface area contributed by atoms with Crippen molar-refractivity contribution in [1.82, 2.24) is 4.90 Å². The van der Waals surface area contributed by atoms with Crippen LogP contribution in [-0.2, 0) is 0 Å². The molecule has 1 unspecified atom stereocenters. The van der Waals surface area contributed by atoms with Crippen LogP contribution in [0.1, 0.15) is 12.8 Å². The second-order valence-electron chi connectivity index (χ2n) is 6.11. The van der Waals surface area contributed by atoms with Crippen molar-refractivity contribution in [3.8, 4) is 0 Å². The number of β-amino-alcohol motifs (C(OH)–C–C–N with tert-alkyl or cyclic N) is 1. The van der Waals surface area contributed by atoms with Crippen molar-refractivity contribution in [1.29, 1.82) is 0 Å². The highest BCUT2D eigenvalue weighted by Crippen LogP contribution is 2.52. The number of hydrogen-bond acceptors (Lipinski definition) is 2. The Morgan fingerprint density at radius 1 is 1.38 bits per heavy atom. The van der Waals surface area contributed by atoms with Crippen molar-refractivity contribution < 1.29 is 5.11 Å². The van der Waals surface area contributed by atoms with Crippen molar-refractivity contribution in [2.75, 3.05) is 19.3 Å². The second-order valence-corrected chi connectivity index (χ2v) is 11.5. The Hall–Kier alpha value is 0.137. The summed E-state index contributed by atoms with van der Waals surface area (Å²) >= 11 is 0. The summed E-state index contributed by atoms with van der Waals surface area (Å²) < 4.78 is 0. The quantitative estimate of drug-likeness (QED) is 0.678. The van der Waals surface area contributed by atoms with Crippen molar-refractivity contribution in [2.24, 2.45) is 5.41 Å². The Balaban J connectivity index is 1.91. The molecule has 3 heteroatoms. The van der Waals surface area contributed by atoms with Crippen molar-refractivity contribution in [3.63, 3.8) is 0 Å². The maximum Gasteiger partial charge on any atom is 0.0735 e. The third-order valence-electron chi connectivity index (χ3n) is 3.27. The minimum Gasteiger partial charge on any atom is -0.391 e. The van der Waals surface area contributed by atoms with Gasteiger partial charge in [0.15, 0.2) is 0 Å². The molecule has 0 aromatic heterocycles. The predicted molar refractivity (Wildman–Crippen MR) is 57.5 cm³/mol. The van der Waals surface area contributed by atoms with Gasteiger partial charge in [-0.25, -0.2) is 0 Å². The van der Waals surface area contributed by atoms with Gasteiger partial charge in [-0.05, 0) is 19.0 Å². The fourth-order valence-corrected chi connectivity index (χ4v) is 4.08. The summed E-state index contributed by atoms with van der Waals surface area (Å²) in [5, 5.41) is 9.86. The molecule has 1 saturated heterocycles. The maximum absolute atomic E-state index is 9.86. The molecular formula is C10H21NOSi. The summed E-state index contributed by atoms with van der Waals surface area (Å²) in [7, 11) is -0.972. The molecule has 0 amide bonds. The van der Waals surface area contributed by atoms with E-state index >= 15 is 0 Å². The van der Waals surface area contributed by atoms with Crippen LogP contribution in [0.15, 0.2) is 0 Å². The van der Waals surface area contributed by atoms with E-state index in [9.17, 15) is 5.11 Å². The molecule has 2 nitrogen and oxygen atoms in total. The lowest BCUT2D eigenvalue weighted by Gasteiger charge is -2.24. The lowest BCUT2D eigenvalue weighted by Crippen LogP contribution is -2.39. The molecule has 1 N–H and O–H groups in total. The number of nitrogens with zero attached hydrogens (tertiary/aromatic N) is 1. The molecule has 76 valence electrons. The third-order valence-corrected chi connectivity index (χ3v) is 4.66. The van der Waals surface area contributed by atoms with Crippen LogP contribution < -0.4 is 0 Å². The van der Waals surface area contributed by atoms with Crippen LogP contribution in [0.5, 0.6) is 0 Å². The normalized spacial score (nSPS) is 32.8. The Kier molecular flexibility index (Phi) is 2.09. The SMILES string of the molecule is C[Si](C)(C)CN1CC(O)C2(CC2)C1. The highest BCUT2D eigenvalue weighted by molar-refractivity contribution is 6.76. The van der Waals surface area contributed by atoms with Crippen LogP contribution in [0.3, 0.4) is 0 Å². The van der Waals surface area contributed by atoms with Gasteiger partial charge in [0.1, 0.15) is 0 Å². The summed E-state index contributed by atoms with van der Waals surface area (Å²) in [4.78, 5) is 2.49. The van der Waals surface area contributed by atoms with E-state index in [1.54, 1.807) is 0 Å². The fourth-order valence-electron chi connectivity index (χ4n) is 2.50. The zero-order chi connectivity index (χ0) is 9.69.